The fraction of sp³-hybridized carbons (Fsp3) is 0.250. The number of ether oxygens (including phenoxy) is 1. The Balaban J connectivity index is 2.00. The Morgan fingerprint density at radius 2 is 1.95 bits per heavy atom. The van der Waals surface area contributed by atoms with Gasteiger partial charge in [0, 0.05) is 20.6 Å². The highest BCUT2D eigenvalue weighted by Gasteiger charge is 2.16. The molecule has 5 heteroatoms. The molecule has 2 rings (SSSR count). The molecule has 2 N–H and O–H groups in total. The molecule has 2 nitrogen and oxygen atoms in total. The largest absolute Gasteiger partial charge is 0.489 e. The van der Waals surface area contributed by atoms with Crippen LogP contribution in [0.25, 0.3) is 0 Å². The van der Waals surface area contributed by atoms with Gasteiger partial charge in [-0.1, -0.05) is 51.3 Å². The molecule has 0 fully saturated rings. The zero-order valence-electron chi connectivity index (χ0n) is 11.5. The first kappa shape index (κ1) is 16.6. The summed E-state index contributed by atoms with van der Waals surface area (Å²) in [6.07, 6.45) is 0.497. The van der Waals surface area contributed by atoms with Gasteiger partial charge in [0.1, 0.15) is 11.9 Å². The van der Waals surface area contributed by atoms with Crippen molar-refractivity contribution in [1.82, 2.24) is 0 Å². The Kier molecular flexibility index (Phi) is 5.94. The van der Waals surface area contributed by atoms with E-state index in [9.17, 15) is 0 Å². The average molecular weight is 389 g/mol. The van der Waals surface area contributed by atoms with Crippen molar-refractivity contribution in [1.29, 1.82) is 0 Å². The number of nitrogens with two attached hydrogens (primary N) is 1. The van der Waals surface area contributed by atoms with E-state index in [1.807, 2.05) is 37.3 Å². The Bertz CT molecular complexity index is 621. The zero-order chi connectivity index (χ0) is 15.4. The van der Waals surface area contributed by atoms with Gasteiger partial charge in [0.25, 0.3) is 0 Å². The van der Waals surface area contributed by atoms with Crippen LogP contribution in [0.5, 0.6) is 5.75 Å². The van der Waals surface area contributed by atoms with Crippen molar-refractivity contribution < 1.29 is 4.74 Å². The zero-order valence-corrected chi connectivity index (χ0v) is 14.6. The molecule has 0 spiro atoms. The van der Waals surface area contributed by atoms with Gasteiger partial charge >= 0.3 is 0 Å². The monoisotopic (exact) mass is 387 g/mol. The van der Waals surface area contributed by atoms with Crippen molar-refractivity contribution in [3.8, 4) is 5.75 Å². The van der Waals surface area contributed by atoms with E-state index in [-0.39, 0.29) is 12.1 Å². The van der Waals surface area contributed by atoms with E-state index in [4.69, 9.17) is 33.7 Å². The van der Waals surface area contributed by atoms with E-state index >= 15 is 0 Å². The summed E-state index contributed by atoms with van der Waals surface area (Å²) in [6.45, 7) is 1.94. The Morgan fingerprint density at radius 1 is 1.19 bits per heavy atom. The van der Waals surface area contributed by atoms with Gasteiger partial charge in [0.15, 0.2) is 0 Å². The topological polar surface area (TPSA) is 35.2 Å². The van der Waals surface area contributed by atoms with Crippen LogP contribution in [0.1, 0.15) is 12.5 Å². The summed E-state index contributed by atoms with van der Waals surface area (Å²) in [4.78, 5) is 0. The molecule has 112 valence electrons. The second kappa shape index (κ2) is 7.50. The van der Waals surface area contributed by atoms with Crippen molar-refractivity contribution in [2.75, 3.05) is 0 Å². The van der Waals surface area contributed by atoms with E-state index in [2.05, 4.69) is 15.9 Å². The van der Waals surface area contributed by atoms with Crippen LogP contribution in [0.2, 0.25) is 10.0 Å². The first-order valence-corrected chi connectivity index (χ1v) is 8.12. The minimum absolute atomic E-state index is 0.150. The molecule has 0 aromatic heterocycles. The summed E-state index contributed by atoms with van der Waals surface area (Å²) in [5, 5.41) is 1.35. The molecule has 0 aliphatic heterocycles. The van der Waals surface area contributed by atoms with Gasteiger partial charge in [-0.3, -0.25) is 0 Å². The van der Waals surface area contributed by atoms with Gasteiger partial charge in [0.2, 0.25) is 0 Å². The molecular weight excluding hydrogens is 373 g/mol. The van der Waals surface area contributed by atoms with Crippen LogP contribution in [0.15, 0.2) is 46.9 Å². The molecule has 0 saturated heterocycles. The fourth-order valence-electron chi connectivity index (χ4n) is 1.95. The van der Waals surface area contributed by atoms with E-state index in [0.717, 1.165) is 10.0 Å². The molecule has 0 bridgehead atoms. The smallest absolute Gasteiger partial charge is 0.121 e. The lowest BCUT2D eigenvalue weighted by atomic mass is 10.0. The second-order valence-corrected chi connectivity index (χ2v) is 6.64. The highest BCUT2D eigenvalue weighted by Crippen LogP contribution is 2.24. The molecule has 2 atom stereocenters. The molecule has 0 aliphatic carbocycles. The SMILES string of the molecule is CC(Oc1cccc(Cl)c1)C(N)Cc1ccc(Br)cc1Cl. The van der Waals surface area contributed by atoms with Crippen molar-refractivity contribution in [2.45, 2.75) is 25.5 Å². The molecule has 0 amide bonds. The quantitative estimate of drug-likeness (QED) is 0.773. The predicted octanol–water partition coefficient (Wildman–Crippen LogP) is 5.09. The minimum Gasteiger partial charge on any atom is -0.489 e. The summed E-state index contributed by atoms with van der Waals surface area (Å²) < 4.78 is 6.78. The van der Waals surface area contributed by atoms with Crippen LogP contribution in [-0.2, 0) is 6.42 Å². The first-order chi connectivity index (χ1) is 9.95. The lowest BCUT2D eigenvalue weighted by Gasteiger charge is -2.22. The van der Waals surface area contributed by atoms with Crippen LogP contribution >= 0.6 is 39.1 Å². The van der Waals surface area contributed by atoms with Crippen LogP contribution in [0, 0.1) is 0 Å². The number of rotatable bonds is 5. The van der Waals surface area contributed by atoms with Crippen LogP contribution in [0.3, 0.4) is 0 Å². The van der Waals surface area contributed by atoms with Crippen LogP contribution < -0.4 is 10.5 Å². The number of benzene rings is 2. The van der Waals surface area contributed by atoms with Crippen molar-refractivity contribution in [2.24, 2.45) is 5.73 Å². The highest BCUT2D eigenvalue weighted by molar-refractivity contribution is 9.10. The van der Waals surface area contributed by atoms with Gasteiger partial charge in [-0.15, -0.1) is 0 Å². The molecule has 2 unspecified atom stereocenters. The van der Waals surface area contributed by atoms with Gasteiger partial charge in [-0.05, 0) is 49.2 Å². The van der Waals surface area contributed by atoms with Gasteiger partial charge < -0.3 is 10.5 Å². The van der Waals surface area contributed by atoms with E-state index in [1.165, 1.54) is 0 Å². The normalized spacial score (nSPS) is 13.8. The Morgan fingerprint density at radius 3 is 2.62 bits per heavy atom. The van der Waals surface area contributed by atoms with Crippen LogP contribution in [-0.4, -0.2) is 12.1 Å². The van der Waals surface area contributed by atoms with Crippen LogP contribution in [0.4, 0.5) is 0 Å². The maximum atomic E-state index is 6.22. The predicted molar refractivity (Wildman–Crippen MR) is 92.4 cm³/mol. The van der Waals surface area contributed by atoms with E-state index in [1.54, 1.807) is 12.1 Å². The van der Waals surface area contributed by atoms with E-state index in [0.29, 0.717) is 22.2 Å². The van der Waals surface area contributed by atoms with Crippen molar-refractivity contribution >= 4 is 39.1 Å². The van der Waals surface area contributed by atoms with Gasteiger partial charge in [-0.2, -0.15) is 0 Å². The molecule has 0 heterocycles. The standard InChI is InChI=1S/C16H16BrCl2NO/c1-10(21-14-4-2-3-13(18)9-14)16(20)7-11-5-6-12(17)8-15(11)19/h2-6,8-10,16H,7,20H2,1H3. The molecule has 2 aromatic carbocycles. The Hall–Kier alpha value is -0.740. The van der Waals surface area contributed by atoms with Gasteiger partial charge in [-0.25, -0.2) is 0 Å². The molecule has 0 saturated carbocycles. The Labute approximate surface area is 143 Å². The molecule has 0 aliphatic rings. The lowest BCUT2D eigenvalue weighted by molar-refractivity contribution is 0.189. The lowest BCUT2D eigenvalue weighted by Crippen LogP contribution is -2.38. The molecular formula is C16H16BrCl2NO. The average Bonchev–Trinajstić information content (AvgIpc) is 2.41. The fourth-order valence-corrected chi connectivity index (χ4v) is 2.88. The third kappa shape index (κ3) is 4.89. The van der Waals surface area contributed by atoms with Crippen molar-refractivity contribution in [3.63, 3.8) is 0 Å². The number of halogens is 3. The third-order valence-corrected chi connectivity index (χ3v) is 4.27. The van der Waals surface area contributed by atoms with E-state index < -0.39 is 0 Å². The maximum Gasteiger partial charge on any atom is 0.121 e. The summed E-state index contributed by atoms with van der Waals surface area (Å²) in [7, 11) is 0. The summed E-state index contributed by atoms with van der Waals surface area (Å²) in [5.74, 6) is 0.715. The molecule has 21 heavy (non-hydrogen) atoms. The maximum absolute atomic E-state index is 6.22. The third-order valence-electron chi connectivity index (χ3n) is 3.19. The summed E-state index contributed by atoms with van der Waals surface area (Å²) in [6, 6.07) is 12.9. The first-order valence-electron chi connectivity index (χ1n) is 6.57. The van der Waals surface area contributed by atoms with Gasteiger partial charge in [0.05, 0.1) is 0 Å². The molecule has 2 aromatic rings. The second-order valence-electron chi connectivity index (χ2n) is 4.88. The summed E-state index contributed by atoms with van der Waals surface area (Å²) in [5.41, 5.74) is 7.22. The number of hydrogen-bond donors (Lipinski definition) is 1. The summed E-state index contributed by atoms with van der Waals surface area (Å²) >= 11 is 15.5. The van der Waals surface area contributed by atoms with Crippen molar-refractivity contribution in [3.05, 3.63) is 62.5 Å². The molecule has 0 radical (unpaired) electrons. The highest BCUT2D eigenvalue weighted by atomic mass is 79.9. The minimum atomic E-state index is -0.164. The number of hydrogen-bond acceptors (Lipinski definition) is 2.